The summed E-state index contributed by atoms with van der Waals surface area (Å²) in [7, 11) is 0. The maximum absolute atomic E-state index is 13.6. The highest BCUT2D eigenvalue weighted by Crippen LogP contribution is 2.22. The van der Waals surface area contributed by atoms with Crippen molar-refractivity contribution in [3.63, 3.8) is 0 Å². The first-order valence-corrected chi connectivity index (χ1v) is 6.34. The van der Waals surface area contributed by atoms with Gasteiger partial charge in [-0.25, -0.2) is 4.39 Å². The summed E-state index contributed by atoms with van der Waals surface area (Å²) in [4.78, 5) is 0. The van der Waals surface area contributed by atoms with Crippen LogP contribution < -0.4 is 10.5 Å². The average molecular weight is 280 g/mol. The van der Waals surface area contributed by atoms with Gasteiger partial charge in [-0.1, -0.05) is 17.7 Å². The fraction of sp³-hybridized carbons (Fsp3) is 0.200. The Hall–Kier alpha value is -1.58. The normalized spacial score (nSPS) is 10.5. The van der Waals surface area contributed by atoms with Crippen molar-refractivity contribution in [3.8, 4) is 5.75 Å². The molecule has 0 fully saturated rings. The van der Waals surface area contributed by atoms with Gasteiger partial charge >= 0.3 is 0 Å². The Morgan fingerprint density at radius 3 is 2.68 bits per heavy atom. The first-order valence-electron chi connectivity index (χ1n) is 5.96. The minimum Gasteiger partial charge on any atom is -0.489 e. The molecule has 0 spiro atoms. The van der Waals surface area contributed by atoms with Gasteiger partial charge in [0.05, 0.1) is 0 Å². The molecular weight excluding hydrogens is 265 g/mol. The predicted molar refractivity (Wildman–Crippen MR) is 74.8 cm³/mol. The lowest BCUT2D eigenvalue weighted by Crippen LogP contribution is -2.02. The lowest BCUT2D eigenvalue weighted by molar-refractivity contribution is 0.299. The van der Waals surface area contributed by atoms with E-state index in [0.717, 1.165) is 11.1 Å². The molecule has 2 rings (SSSR count). The van der Waals surface area contributed by atoms with E-state index >= 15 is 0 Å². The Kier molecular flexibility index (Phi) is 4.40. The van der Waals surface area contributed by atoms with Gasteiger partial charge in [-0.05, 0) is 48.4 Å². The molecule has 0 saturated heterocycles. The van der Waals surface area contributed by atoms with Crippen molar-refractivity contribution < 1.29 is 9.13 Å². The third-order valence-electron chi connectivity index (χ3n) is 2.87. The van der Waals surface area contributed by atoms with Crippen LogP contribution in [0.3, 0.4) is 0 Å². The Balaban J connectivity index is 2.11. The highest BCUT2D eigenvalue weighted by Gasteiger charge is 2.05. The van der Waals surface area contributed by atoms with Crippen LogP contribution in [0.2, 0.25) is 5.02 Å². The van der Waals surface area contributed by atoms with Gasteiger partial charge in [-0.2, -0.15) is 0 Å². The maximum atomic E-state index is 13.6. The molecule has 0 atom stereocenters. The van der Waals surface area contributed by atoms with Crippen LogP contribution in [0.1, 0.15) is 16.7 Å². The van der Waals surface area contributed by atoms with E-state index in [1.807, 2.05) is 13.0 Å². The zero-order valence-corrected chi connectivity index (χ0v) is 11.4. The summed E-state index contributed by atoms with van der Waals surface area (Å²) in [5, 5.41) is 0.684. The van der Waals surface area contributed by atoms with Gasteiger partial charge in [0.15, 0.2) is 0 Å². The molecule has 0 radical (unpaired) electrons. The molecular formula is C15H15ClFNO. The molecule has 0 aliphatic rings. The summed E-state index contributed by atoms with van der Waals surface area (Å²) < 4.78 is 19.2. The van der Waals surface area contributed by atoms with E-state index in [2.05, 4.69) is 0 Å². The van der Waals surface area contributed by atoms with Crippen molar-refractivity contribution in [2.24, 2.45) is 5.73 Å². The Bertz CT molecular complexity index is 586. The van der Waals surface area contributed by atoms with E-state index in [-0.39, 0.29) is 12.4 Å². The number of nitrogens with two attached hydrogens (primary N) is 1. The van der Waals surface area contributed by atoms with Crippen molar-refractivity contribution in [2.75, 3.05) is 0 Å². The summed E-state index contributed by atoms with van der Waals surface area (Å²) in [5.41, 5.74) is 7.84. The molecule has 2 N–H and O–H groups in total. The summed E-state index contributed by atoms with van der Waals surface area (Å²) in [6.45, 7) is 2.44. The molecule has 100 valence electrons. The van der Waals surface area contributed by atoms with E-state index in [4.69, 9.17) is 22.1 Å². The number of benzene rings is 2. The molecule has 0 unspecified atom stereocenters. The van der Waals surface area contributed by atoms with E-state index in [0.29, 0.717) is 22.9 Å². The fourth-order valence-electron chi connectivity index (χ4n) is 1.73. The first kappa shape index (κ1) is 13.8. The van der Waals surface area contributed by atoms with Crippen molar-refractivity contribution in [2.45, 2.75) is 20.1 Å². The SMILES string of the molecule is Cc1cc(OCc2cc(CN)ccc2F)ccc1Cl. The van der Waals surface area contributed by atoms with Gasteiger partial charge in [0.25, 0.3) is 0 Å². The van der Waals surface area contributed by atoms with Gasteiger partial charge in [0.1, 0.15) is 18.2 Å². The second-order valence-corrected chi connectivity index (χ2v) is 4.74. The third kappa shape index (κ3) is 3.46. The van der Waals surface area contributed by atoms with E-state index in [9.17, 15) is 4.39 Å². The van der Waals surface area contributed by atoms with E-state index < -0.39 is 0 Å². The van der Waals surface area contributed by atoms with Crippen LogP contribution in [0.15, 0.2) is 36.4 Å². The summed E-state index contributed by atoms with van der Waals surface area (Å²) in [5.74, 6) is 0.377. The second-order valence-electron chi connectivity index (χ2n) is 4.33. The fourth-order valence-corrected chi connectivity index (χ4v) is 1.85. The van der Waals surface area contributed by atoms with E-state index in [1.165, 1.54) is 6.07 Å². The molecule has 0 bridgehead atoms. The zero-order chi connectivity index (χ0) is 13.8. The van der Waals surface area contributed by atoms with Crippen LogP contribution in [0.25, 0.3) is 0 Å². The van der Waals surface area contributed by atoms with E-state index in [1.54, 1.807) is 24.3 Å². The lowest BCUT2D eigenvalue weighted by Gasteiger charge is -2.09. The molecule has 2 nitrogen and oxygen atoms in total. The zero-order valence-electron chi connectivity index (χ0n) is 10.6. The molecule has 0 amide bonds. The minimum atomic E-state index is -0.289. The second kappa shape index (κ2) is 6.04. The quantitative estimate of drug-likeness (QED) is 0.923. The van der Waals surface area contributed by atoms with Crippen LogP contribution in [0, 0.1) is 12.7 Å². The van der Waals surface area contributed by atoms with Crippen LogP contribution in [-0.2, 0) is 13.2 Å². The monoisotopic (exact) mass is 279 g/mol. The minimum absolute atomic E-state index is 0.167. The molecule has 0 heterocycles. The van der Waals surface area contributed by atoms with Crippen molar-refractivity contribution in [1.82, 2.24) is 0 Å². The number of aryl methyl sites for hydroxylation is 1. The van der Waals surface area contributed by atoms with Crippen LogP contribution >= 0.6 is 11.6 Å². The van der Waals surface area contributed by atoms with Gasteiger partial charge in [-0.3, -0.25) is 0 Å². The molecule has 0 aliphatic carbocycles. The Morgan fingerprint density at radius 2 is 2.00 bits per heavy atom. The Morgan fingerprint density at radius 1 is 1.21 bits per heavy atom. The average Bonchev–Trinajstić information content (AvgIpc) is 2.41. The van der Waals surface area contributed by atoms with Crippen LogP contribution in [-0.4, -0.2) is 0 Å². The predicted octanol–water partition coefficient (Wildman–Crippen LogP) is 3.83. The third-order valence-corrected chi connectivity index (χ3v) is 3.29. The smallest absolute Gasteiger partial charge is 0.129 e. The van der Waals surface area contributed by atoms with Gasteiger partial charge in [0, 0.05) is 17.1 Å². The molecule has 0 saturated carbocycles. The topological polar surface area (TPSA) is 35.2 Å². The first-order chi connectivity index (χ1) is 9.10. The molecule has 2 aromatic rings. The summed E-state index contributed by atoms with van der Waals surface area (Å²) in [6.07, 6.45) is 0. The maximum Gasteiger partial charge on any atom is 0.129 e. The largest absolute Gasteiger partial charge is 0.489 e. The number of rotatable bonds is 4. The highest BCUT2D eigenvalue weighted by atomic mass is 35.5. The number of halogens is 2. The molecule has 2 aromatic carbocycles. The standard InChI is InChI=1S/C15H15ClFNO/c1-10-6-13(3-4-14(10)16)19-9-12-7-11(8-18)2-5-15(12)17/h2-7H,8-9,18H2,1H3. The summed E-state index contributed by atoms with van der Waals surface area (Å²) in [6, 6.07) is 10.2. The van der Waals surface area contributed by atoms with Crippen LogP contribution in [0.4, 0.5) is 4.39 Å². The molecule has 4 heteroatoms. The van der Waals surface area contributed by atoms with Gasteiger partial charge in [-0.15, -0.1) is 0 Å². The van der Waals surface area contributed by atoms with Crippen molar-refractivity contribution >= 4 is 11.6 Å². The number of hydrogen-bond donors (Lipinski definition) is 1. The van der Waals surface area contributed by atoms with Crippen LogP contribution in [0.5, 0.6) is 5.75 Å². The van der Waals surface area contributed by atoms with Gasteiger partial charge in [0.2, 0.25) is 0 Å². The highest BCUT2D eigenvalue weighted by molar-refractivity contribution is 6.31. The van der Waals surface area contributed by atoms with Crippen molar-refractivity contribution in [3.05, 3.63) is 63.9 Å². The molecule has 19 heavy (non-hydrogen) atoms. The molecule has 0 aliphatic heterocycles. The Labute approximate surface area is 117 Å². The van der Waals surface area contributed by atoms with Gasteiger partial charge < -0.3 is 10.5 Å². The number of ether oxygens (including phenoxy) is 1. The lowest BCUT2D eigenvalue weighted by atomic mass is 10.1. The molecule has 0 aromatic heterocycles. The summed E-state index contributed by atoms with van der Waals surface area (Å²) >= 11 is 5.93. The number of hydrogen-bond acceptors (Lipinski definition) is 2. The van der Waals surface area contributed by atoms with Crippen molar-refractivity contribution in [1.29, 1.82) is 0 Å².